The number of rotatable bonds is 4. The van der Waals surface area contributed by atoms with Gasteiger partial charge in [0.25, 0.3) is 0 Å². The Balaban J connectivity index is 1.66. The van der Waals surface area contributed by atoms with E-state index in [1.807, 2.05) is 24.5 Å². The number of hydrogen-bond donors (Lipinski definition) is 0. The van der Waals surface area contributed by atoms with Crippen molar-refractivity contribution < 1.29 is 8.78 Å². The predicted octanol–water partition coefficient (Wildman–Crippen LogP) is 6.69. The smallest absolute Gasteiger partial charge is 0.212 e. The highest BCUT2D eigenvalue weighted by Crippen LogP contribution is 2.35. The van der Waals surface area contributed by atoms with Crippen LogP contribution in [0.2, 0.25) is 0 Å². The summed E-state index contributed by atoms with van der Waals surface area (Å²) in [7, 11) is 0. The molecule has 0 saturated carbocycles. The van der Waals surface area contributed by atoms with Crippen LogP contribution >= 0.6 is 0 Å². The predicted molar refractivity (Wildman–Crippen MR) is 122 cm³/mol. The fraction of sp³-hybridized carbons (Fsp3) is 0.115. The van der Waals surface area contributed by atoms with Crippen LogP contribution in [-0.4, -0.2) is 19.5 Å². The molecule has 0 aliphatic heterocycles. The molecular formula is C26H20F2N4. The first kappa shape index (κ1) is 20.0. The highest BCUT2D eigenvalue weighted by atomic mass is 19.1. The summed E-state index contributed by atoms with van der Waals surface area (Å²) >= 11 is 0. The minimum Gasteiger partial charge on any atom is -0.328 e. The Morgan fingerprint density at radius 3 is 2.12 bits per heavy atom. The summed E-state index contributed by atoms with van der Waals surface area (Å²) in [4.78, 5) is 13.0. The van der Waals surface area contributed by atoms with Crippen molar-refractivity contribution in [3.05, 3.63) is 91.1 Å². The van der Waals surface area contributed by atoms with Gasteiger partial charge in [-0.15, -0.1) is 0 Å². The quantitative estimate of drug-likeness (QED) is 0.301. The second-order valence-electron chi connectivity index (χ2n) is 7.95. The van der Waals surface area contributed by atoms with Crippen molar-refractivity contribution in [3.63, 3.8) is 0 Å². The van der Waals surface area contributed by atoms with Gasteiger partial charge in [0.15, 0.2) is 0 Å². The lowest BCUT2D eigenvalue weighted by atomic mass is 10.0. The Hall–Kier alpha value is -3.93. The van der Waals surface area contributed by atoms with Gasteiger partial charge in [-0.05, 0) is 68.4 Å². The van der Waals surface area contributed by atoms with Gasteiger partial charge >= 0.3 is 0 Å². The molecule has 0 radical (unpaired) electrons. The minimum absolute atomic E-state index is 0.192. The Bertz CT molecular complexity index is 1400. The van der Waals surface area contributed by atoms with Gasteiger partial charge in [-0.1, -0.05) is 6.07 Å². The molecule has 0 spiro atoms. The van der Waals surface area contributed by atoms with Crippen molar-refractivity contribution in [2.24, 2.45) is 0 Å². The number of halogens is 2. The van der Waals surface area contributed by atoms with Crippen molar-refractivity contribution in [3.8, 4) is 33.6 Å². The molecule has 0 amide bonds. The standard InChI is InChI=1S/C26H20F2N4/c1-16(2)32-15-31-25(17-3-7-22(27)8-4-17)26(32)18-5-9-23-20(11-18)12-21(14-29-23)19-6-10-24(28)30-13-19/h3-16H,1-2H3. The highest BCUT2D eigenvalue weighted by molar-refractivity contribution is 5.89. The van der Waals surface area contributed by atoms with Gasteiger partial charge in [-0.25, -0.2) is 14.4 Å². The third-order valence-electron chi connectivity index (χ3n) is 5.48. The van der Waals surface area contributed by atoms with Crippen molar-refractivity contribution >= 4 is 10.9 Å². The Morgan fingerprint density at radius 1 is 0.719 bits per heavy atom. The molecule has 0 fully saturated rings. The van der Waals surface area contributed by atoms with Gasteiger partial charge in [-0.2, -0.15) is 4.39 Å². The number of nitrogens with zero attached hydrogens (tertiary/aromatic N) is 4. The Kier molecular flexibility index (Phi) is 4.98. The number of imidazole rings is 1. The number of pyridine rings is 2. The molecule has 32 heavy (non-hydrogen) atoms. The van der Waals surface area contributed by atoms with E-state index >= 15 is 0 Å². The number of benzene rings is 2. The van der Waals surface area contributed by atoms with Crippen LogP contribution in [0, 0.1) is 11.8 Å². The van der Waals surface area contributed by atoms with E-state index in [-0.39, 0.29) is 11.9 Å². The third kappa shape index (κ3) is 3.64. The molecule has 6 heteroatoms. The van der Waals surface area contributed by atoms with Gasteiger partial charge < -0.3 is 4.57 Å². The van der Waals surface area contributed by atoms with Crippen LogP contribution in [0.4, 0.5) is 8.78 Å². The summed E-state index contributed by atoms with van der Waals surface area (Å²) in [6.07, 6.45) is 5.09. The fourth-order valence-electron chi connectivity index (χ4n) is 3.84. The van der Waals surface area contributed by atoms with Gasteiger partial charge in [-0.3, -0.25) is 4.98 Å². The van der Waals surface area contributed by atoms with Gasteiger partial charge in [0, 0.05) is 46.1 Å². The molecule has 158 valence electrons. The van der Waals surface area contributed by atoms with Crippen LogP contribution in [0.5, 0.6) is 0 Å². The zero-order valence-corrected chi connectivity index (χ0v) is 17.6. The molecule has 4 nitrogen and oxygen atoms in total. The highest BCUT2D eigenvalue weighted by Gasteiger charge is 2.17. The Morgan fingerprint density at radius 2 is 1.41 bits per heavy atom. The largest absolute Gasteiger partial charge is 0.328 e. The van der Waals surface area contributed by atoms with Crippen molar-refractivity contribution in [2.75, 3.05) is 0 Å². The molecule has 3 heterocycles. The average Bonchev–Trinajstić information content (AvgIpc) is 3.25. The van der Waals surface area contributed by atoms with Crippen LogP contribution < -0.4 is 0 Å². The first-order valence-electron chi connectivity index (χ1n) is 10.3. The Labute approximate surface area is 184 Å². The van der Waals surface area contributed by atoms with Crippen molar-refractivity contribution in [1.29, 1.82) is 0 Å². The molecule has 0 atom stereocenters. The maximum Gasteiger partial charge on any atom is 0.212 e. The molecule has 0 saturated heterocycles. The molecule has 0 bridgehead atoms. The van der Waals surface area contributed by atoms with Crippen LogP contribution in [0.15, 0.2) is 79.4 Å². The van der Waals surface area contributed by atoms with E-state index in [0.29, 0.717) is 0 Å². The summed E-state index contributed by atoms with van der Waals surface area (Å²) in [5, 5.41) is 0.950. The van der Waals surface area contributed by atoms with E-state index in [1.54, 1.807) is 24.4 Å². The second kappa shape index (κ2) is 7.96. The molecule has 5 rings (SSSR count). The summed E-state index contributed by atoms with van der Waals surface area (Å²) in [5.41, 5.74) is 6.10. The van der Waals surface area contributed by atoms with E-state index < -0.39 is 5.95 Å². The van der Waals surface area contributed by atoms with Gasteiger partial charge in [0.1, 0.15) is 5.82 Å². The van der Waals surface area contributed by atoms with Crippen molar-refractivity contribution in [2.45, 2.75) is 19.9 Å². The minimum atomic E-state index is -0.514. The molecule has 0 aliphatic rings. The second-order valence-corrected chi connectivity index (χ2v) is 7.95. The SMILES string of the molecule is CC(C)n1cnc(-c2ccc(F)cc2)c1-c1ccc2ncc(-c3ccc(F)nc3)cc2c1. The summed E-state index contributed by atoms with van der Waals surface area (Å²) in [6.45, 7) is 4.20. The first-order valence-corrected chi connectivity index (χ1v) is 10.3. The average molecular weight is 426 g/mol. The third-order valence-corrected chi connectivity index (χ3v) is 5.48. The topological polar surface area (TPSA) is 43.6 Å². The maximum absolute atomic E-state index is 13.5. The molecule has 0 aliphatic carbocycles. The van der Waals surface area contributed by atoms with Crippen molar-refractivity contribution in [1.82, 2.24) is 19.5 Å². The maximum atomic E-state index is 13.5. The van der Waals surface area contributed by atoms with Gasteiger partial charge in [0.2, 0.25) is 5.95 Å². The van der Waals surface area contributed by atoms with Crippen LogP contribution in [-0.2, 0) is 0 Å². The zero-order valence-electron chi connectivity index (χ0n) is 17.6. The molecule has 0 N–H and O–H groups in total. The number of hydrogen-bond acceptors (Lipinski definition) is 3. The van der Waals surface area contributed by atoms with Gasteiger partial charge in [0.05, 0.1) is 23.2 Å². The zero-order chi connectivity index (χ0) is 22.2. The number of aromatic nitrogens is 4. The fourth-order valence-corrected chi connectivity index (χ4v) is 3.84. The molecular weight excluding hydrogens is 406 g/mol. The monoisotopic (exact) mass is 426 g/mol. The number of fused-ring (bicyclic) bond motifs is 1. The summed E-state index contributed by atoms with van der Waals surface area (Å²) in [6, 6.07) is 17.7. The van der Waals surface area contributed by atoms with E-state index in [0.717, 1.165) is 44.5 Å². The van der Waals surface area contributed by atoms with E-state index in [2.05, 4.69) is 39.4 Å². The summed E-state index contributed by atoms with van der Waals surface area (Å²) in [5.74, 6) is -0.793. The normalized spacial score (nSPS) is 11.4. The lowest BCUT2D eigenvalue weighted by Crippen LogP contribution is -2.01. The lowest BCUT2D eigenvalue weighted by Gasteiger charge is -2.14. The van der Waals surface area contributed by atoms with E-state index in [9.17, 15) is 8.78 Å². The van der Waals surface area contributed by atoms with Crippen LogP contribution in [0.25, 0.3) is 44.5 Å². The molecule has 3 aromatic heterocycles. The molecule has 0 unspecified atom stereocenters. The summed E-state index contributed by atoms with van der Waals surface area (Å²) < 4.78 is 28.8. The molecule has 2 aromatic carbocycles. The lowest BCUT2D eigenvalue weighted by molar-refractivity contribution is 0.584. The molecule has 5 aromatic rings. The van der Waals surface area contributed by atoms with E-state index in [1.165, 1.54) is 24.4 Å². The first-order chi connectivity index (χ1) is 15.5. The van der Waals surface area contributed by atoms with E-state index in [4.69, 9.17) is 0 Å². The van der Waals surface area contributed by atoms with Crippen LogP contribution in [0.1, 0.15) is 19.9 Å². The van der Waals surface area contributed by atoms with Crippen LogP contribution in [0.3, 0.4) is 0 Å².